The summed E-state index contributed by atoms with van der Waals surface area (Å²) in [5.41, 5.74) is 2.43. The van der Waals surface area contributed by atoms with Crippen molar-refractivity contribution in [1.82, 2.24) is 15.1 Å². The van der Waals surface area contributed by atoms with Crippen LogP contribution in [0.4, 0.5) is 4.79 Å². The summed E-state index contributed by atoms with van der Waals surface area (Å²) < 4.78 is 12.8. The largest absolute Gasteiger partial charge is 0.487 e. The van der Waals surface area contributed by atoms with Crippen LogP contribution in [-0.2, 0) is 27.3 Å². The normalized spacial score (nSPS) is 16.6. The SMILES string of the molecule is CC(C)(C)OC(=O)NCCCn1cc(-c2ccc3c(c2)CC[C@H]([C@H](ON)C(=O)O)O3)cn1. The molecule has 0 unspecified atom stereocenters. The van der Waals surface area contributed by atoms with E-state index in [9.17, 15) is 14.7 Å². The van der Waals surface area contributed by atoms with Crippen molar-refractivity contribution < 1.29 is 29.0 Å². The molecule has 10 heteroatoms. The second-order valence-electron chi connectivity index (χ2n) is 8.69. The molecule has 0 saturated heterocycles. The van der Waals surface area contributed by atoms with Gasteiger partial charge in [-0.05, 0) is 63.3 Å². The first kappa shape index (κ1) is 23.6. The third kappa shape index (κ3) is 6.21. The number of hydrogen-bond acceptors (Lipinski definition) is 7. The highest BCUT2D eigenvalue weighted by atomic mass is 16.7. The highest BCUT2D eigenvalue weighted by molar-refractivity contribution is 5.73. The predicted molar refractivity (Wildman–Crippen MR) is 116 cm³/mol. The number of nitrogens with zero attached hydrogens (tertiary/aromatic N) is 2. The predicted octanol–water partition coefficient (Wildman–Crippen LogP) is 2.50. The minimum Gasteiger partial charge on any atom is -0.487 e. The van der Waals surface area contributed by atoms with Gasteiger partial charge in [0.05, 0.1) is 6.20 Å². The van der Waals surface area contributed by atoms with Crippen LogP contribution in [0.5, 0.6) is 5.75 Å². The van der Waals surface area contributed by atoms with Gasteiger partial charge in [0.1, 0.15) is 17.5 Å². The molecule has 0 radical (unpaired) electrons. The highest BCUT2D eigenvalue weighted by Crippen LogP contribution is 2.33. The van der Waals surface area contributed by atoms with Gasteiger partial charge in [-0.2, -0.15) is 5.10 Å². The zero-order chi connectivity index (χ0) is 23.3. The van der Waals surface area contributed by atoms with E-state index in [0.717, 1.165) is 16.7 Å². The molecule has 4 N–H and O–H groups in total. The Balaban J connectivity index is 1.54. The molecule has 1 amide bonds. The molecule has 0 spiro atoms. The van der Waals surface area contributed by atoms with E-state index >= 15 is 0 Å². The zero-order valence-corrected chi connectivity index (χ0v) is 18.5. The summed E-state index contributed by atoms with van der Waals surface area (Å²) in [5, 5.41) is 16.3. The number of ether oxygens (including phenoxy) is 2. The maximum absolute atomic E-state index is 11.7. The minimum atomic E-state index is -1.20. The van der Waals surface area contributed by atoms with Gasteiger partial charge < -0.3 is 19.9 Å². The third-order valence-electron chi connectivity index (χ3n) is 4.96. The van der Waals surface area contributed by atoms with Gasteiger partial charge in [0.15, 0.2) is 0 Å². The first-order valence-electron chi connectivity index (χ1n) is 10.5. The van der Waals surface area contributed by atoms with Gasteiger partial charge in [-0.25, -0.2) is 15.5 Å². The van der Waals surface area contributed by atoms with Gasteiger partial charge in [-0.3, -0.25) is 9.52 Å². The Kier molecular flexibility index (Phi) is 7.37. The Bertz CT molecular complexity index is 952. The number of hydrogen-bond donors (Lipinski definition) is 3. The number of aromatic nitrogens is 2. The molecule has 0 fully saturated rings. The average molecular weight is 447 g/mol. The molecule has 1 aliphatic heterocycles. The van der Waals surface area contributed by atoms with E-state index in [1.54, 1.807) is 6.20 Å². The smallest absolute Gasteiger partial charge is 0.407 e. The summed E-state index contributed by atoms with van der Waals surface area (Å²) in [5.74, 6) is 4.60. The van der Waals surface area contributed by atoms with Crippen molar-refractivity contribution in [3.05, 3.63) is 36.2 Å². The second-order valence-corrected chi connectivity index (χ2v) is 8.69. The molecule has 2 heterocycles. The van der Waals surface area contributed by atoms with Crippen molar-refractivity contribution in [3.8, 4) is 16.9 Å². The Morgan fingerprint density at radius 2 is 2.16 bits per heavy atom. The van der Waals surface area contributed by atoms with Crippen molar-refractivity contribution in [1.29, 1.82) is 0 Å². The monoisotopic (exact) mass is 446 g/mol. The number of amides is 1. The summed E-state index contributed by atoms with van der Waals surface area (Å²) in [6.45, 7) is 6.62. The van der Waals surface area contributed by atoms with Crippen LogP contribution >= 0.6 is 0 Å². The minimum absolute atomic E-state index is 0.426. The van der Waals surface area contributed by atoms with Gasteiger partial charge in [0.2, 0.25) is 6.10 Å². The Hall–Kier alpha value is -3.11. The lowest BCUT2D eigenvalue weighted by atomic mass is 9.96. The molecular formula is C22H30N4O6. The Morgan fingerprint density at radius 1 is 1.38 bits per heavy atom. The van der Waals surface area contributed by atoms with E-state index in [4.69, 9.17) is 15.4 Å². The molecule has 0 bridgehead atoms. The van der Waals surface area contributed by atoms with Gasteiger partial charge >= 0.3 is 12.1 Å². The summed E-state index contributed by atoms with van der Waals surface area (Å²) in [7, 11) is 0. The van der Waals surface area contributed by atoms with Gasteiger partial charge in [0.25, 0.3) is 0 Å². The number of aryl methyl sites for hydroxylation is 2. The molecule has 10 nitrogen and oxygen atoms in total. The fourth-order valence-electron chi connectivity index (χ4n) is 3.49. The number of carbonyl (C=O) groups is 2. The third-order valence-corrected chi connectivity index (χ3v) is 4.96. The van der Waals surface area contributed by atoms with Crippen LogP contribution in [0.1, 0.15) is 39.2 Å². The lowest BCUT2D eigenvalue weighted by molar-refractivity contribution is -0.158. The van der Waals surface area contributed by atoms with E-state index in [1.807, 2.05) is 49.8 Å². The van der Waals surface area contributed by atoms with E-state index in [2.05, 4.69) is 15.3 Å². The van der Waals surface area contributed by atoms with E-state index in [1.165, 1.54) is 0 Å². The van der Waals surface area contributed by atoms with Crippen LogP contribution < -0.4 is 16.0 Å². The number of fused-ring (bicyclic) bond motifs is 1. The number of nitrogens with two attached hydrogens (primary N) is 1. The van der Waals surface area contributed by atoms with Crippen LogP contribution in [0, 0.1) is 0 Å². The second kappa shape index (κ2) is 10.0. The number of carbonyl (C=O) groups excluding carboxylic acids is 1. The van der Waals surface area contributed by atoms with Crippen molar-refractivity contribution in [2.75, 3.05) is 6.54 Å². The number of nitrogens with one attached hydrogen (secondary N) is 1. The van der Waals surface area contributed by atoms with Gasteiger partial charge in [-0.1, -0.05) is 6.07 Å². The Morgan fingerprint density at radius 3 is 2.84 bits per heavy atom. The molecule has 2 atom stereocenters. The van der Waals surface area contributed by atoms with Crippen molar-refractivity contribution in [2.24, 2.45) is 5.90 Å². The molecule has 0 aliphatic carbocycles. The molecule has 174 valence electrons. The molecule has 3 rings (SSSR count). The molecule has 2 aromatic rings. The number of rotatable bonds is 8. The highest BCUT2D eigenvalue weighted by Gasteiger charge is 2.33. The zero-order valence-electron chi connectivity index (χ0n) is 18.5. The maximum atomic E-state index is 11.7. The fraction of sp³-hybridized carbons (Fsp3) is 0.500. The molecule has 1 aliphatic rings. The van der Waals surface area contributed by atoms with Crippen LogP contribution in [0.3, 0.4) is 0 Å². The number of carboxylic acids is 1. The molecule has 32 heavy (non-hydrogen) atoms. The lowest BCUT2D eigenvalue weighted by Gasteiger charge is -2.29. The van der Waals surface area contributed by atoms with Crippen molar-refractivity contribution in [2.45, 2.75) is 64.4 Å². The van der Waals surface area contributed by atoms with Gasteiger partial charge in [0, 0.05) is 24.8 Å². The van der Waals surface area contributed by atoms with Crippen LogP contribution in [-0.4, -0.2) is 51.3 Å². The summed E-state index contributed by atoms with van der Waals surface area (Å²) >= 11 is 0. The first-order chi connectivity index (χ1) is 15.2. The number of benzene rings is 1. The fourth-order valence-corrected chi connectivity index (χ4v) is 3.49. The first-order valence-corrected chi connectivity index (χ1v) is 10.5. The quantitative estimate of drug-likeness (QED) is 0.415. The topological polar surface area (TPSA) is 138 Å². The van der Waals surface area contributed by atoms with E-state index in [0.29, 0.717) is 38.1 Å². The maximum Gasteiger partial charge on any atom is 0.407 e. The van der Waals surface area contributed by atoms with Crippen LogP contribution in [0.15, 0.2) is 30.6 Å². The molecule has 0 saturated carbocycles. The average Bonchev–Trinajstić information content (AvgIpc) is 3.19. The van der Waals surface area contributed by atoms with Crippen LogP contribution in [0.25, 0.3) is 11.1 Å². The molecule has 1 aromatic heterocycles. The van der Waals surface area contributed by atoms with Crippen molar-refractivity contribution in [3.63, 3.8) is 0 Å². The number of alkyl carbamates (subject to hydrolysis) is 1. The molecule has 1 aromatic carbocycles. The number of carboxylic acid groups (broad SMARTS) is 1. The summed E-state index contributed by atoms with van der Waals surface area (Å²) in [6.07, 6.45) is 3.35. The summed E-state index contributed by atoms with van der Waals surface area (Å²) in [6, 6.07) is 5.76. The lowest BCUT2D eigenvalue weighted by Crippen LogP contribution is -2.43. The summed E-state index contributed by atoms with van der Waals surface area (Å²) in [4.78, 5) is 27.5. The standard InChI is InChI=1S/C22H30N4O6/c1-22(2,3)31-21(29)24-9-4-10-26-13-16(12-25-26)14-5-7-17-15(11-14)6-8-18(30-17)19(32-23)20(27)28/h5,7,11-13,18-19H,4,6,8-10,23H2,1-3H3,(H,24,29)(H,27,28)/t18-,19+/m1/s1. The van der Waals surface area contributed by atoms with Crippen LogP contribution in [0.2, 0.25) is 0 Å². The number of aliphatic carboxylic acids is 1. The Labute approximate surface area is 186 Å². The molecular weight excluding hydrogens is 416 g/mol. The van der Waals surface area contributed by atoms with Crippen molar-refractivity contribution >= 4 is 12.1 Å². The van der Waals surface area contributed by atoms with Gasteiger partial charge in [-0.15, -0.1) is 0 Å². The van der Waals surface area contributed by atoms with E-state index in [-0.39, 0.29) is 0 Å². The van der Waals surface area contributed by atoms with E-state index < -0.39 is 29.9 Å².